The van der Waals surface area contributed by atoms with E-state index >= 15 is 0 Å². The van der Waals surface area contributed by atoms with Gasteiger partial charge >= 0.3 is 19.4 Å². The van der Waals surface area contributed by atoms with E-state index in [-0.39, 0.29) is 25.6 Å². The molecule has 14 nitrogen and oxygen atoms in total. The van der Waals surface area contributed by atoms with Crippen LogP contribution < -0.4 is 16.3 Å². The van der Waals surface area contributed by atoms with Crippen LogP contribution in [0.3, 0.4) is 0 Å². The van der Waals surface area contributed by atoms with Gasteiger partial charge in [-0.3, -0.25) is 28.2 Å². The predicted molar refractivity (Wildman–Crippen MR) is 116 cm³/mol. The summed E-state index contributed by atoms with van der Waals surface area (Å²) in [5, 5.41) is 6.29. The zero-order valence-electron chi connectivity index (χ0n) is 19.1. The molecule has 1 aromatic heterocycles. The Morgan fingerprint density at radius 2 is 2.15 bits per heavy atom. The van der Waals surface area contributed by atoms with Crippen LogP contribution in [0.5, 0.6) is 0 Å². The second-order valence-corrected chi connectivity index (χ2v) is 9.47. The number of nitrogens with one attached hydrogen (secondary N) is 2. The monoisotopic (exact) mass is 488 g/mol. The van der Waals surface area contributed by atoms with Crippen molar-refractivity contribution in [2.75, 3.05) is 20.3 Å². The van der Waals surface area contributed by atoms with E-state index in [0.29, 0.717) is 5.56 Å². The van der Waals surface area contributed by atoms with Gasteiger partial charge in [0, 0.05) is 23.1 Å². The Morgan fingerprint density at radius 1 is 1.45 bits per heavy atom. The van der Waals surface area contributed by atoms with E-state index in [1.165, 1.54) is 24.8 Å². The molecule has 1 fully saturated rings. The van der Waals surface area contributed by atoms with Gasteiger partial charge in [0.1, 0.15) is 12.3 Å². The number of methoxy groups -OCH3 is 1. The summed E-state index contributed by atoms with van der Waals surface area (Å²) in [4.78, 5) is 40.9. The minimum atomic E-state index is -3.99. The van der Waals surface area contributed by atoms with Gasteiger partial charge in [-0.25, -0.2) is 14.4 Å². The van der Waals surface area contributed by atoms with Crippen molar-refractivity contribution in [1.82, 2.24) is 14.6 Å². The van der Waals surface area contributed by atoms with Crippen LogP contribution in [-0.4, -0.2) is 54.0 Å². The number of aromatic amines is 1. The number of rotatable bonds is 11. The Labute approximate surface area is 189 Å². The summed E-state index contributed by atoms with van der Waals surface area (Å²) < 4.78 is 35.8. The standard InChI is InChI=1S/C18H29N6O8P/c1-6-30-33(28,22-15(10(2)3)17(26)29-5)31-9-13-12(21-23-19)7-14(32-13)24-8-11(4)16(25)20-18(24)27/h8,10,12-15H,6-7,9H2,1-5H3,(H,22,28)(H,20,25,27)/t12-,13+,14+,15-,33?/m0/s1. The van der Waals surface area contributed by atoms with Gasteiger partial charge in [-0.05, 0) is 25.3 Å². The SMILES string of the molecule is CCOP(=O)(N[C@H](C(=O)OC)C(C)C)OC[C@H]1O[C@@H](n2cc(C)c(=O)[nH]c2=O)C[C@@H]1N=[N+]=[N-]. The summed E-state index contributed by atoms with van der Waals surface area (Å²) >= 11 is 0. The maximum Gasteiger partial charge on any atom is 0.406 e. The van der Waals surface area contributed by atoms with Crippen molar-refractivity contribution in [3.63, 3.8) is 0 Å². The highest BCUT2D eigenvalue weighted by Crippen LogP contribution is 2.46. The first-order valence-electron chi connectivity index (χ1n) is 10.3. The van der Waals surface area contributed by atoms with Crippen molar-refractivity contribution in [2.45, 2.75) is 58.5 Å². The molecule has 1 aliphatic heterocycles. The van der Waals surface area contributed by atoms with Crippen LogP contribution in [0.4, 0.5) is 0 Å². The van der Waals surface area contributed by atoms with Gasteiger partial charge in [-0.15, -0.1) is 0 Å². The van der Waals surface area contributed by atoms with Crippen LogP contribution in [0.2, 0.25) is 0 Å². The number of carbonyl (C=O) groups excluding carboxylic acids is 1. The Balaban J connectivity index is 2.22. The van der Waals surface area contributed by atoms with Crippen LogP contribution in [0.25, 0.3) is 10.4 Å². The lowest BCUT2D eigenvalue weighted by molar-refractivity contribution is -0.143. The van der Waals surface area contributed by atoms with Gasteiger partial charge in [0.2, 0.25) is 0 Å². The lowest BCUT2D eigenvalue weighted by atomic mass is 10.1. The van der Waals surface area contributed by atoms with Crippen molar-refractivity contribution in [1.29, 1.82) is 0 Å². The van der Waals surface area contributed by atoms with Gasteiger partial charge in [0.15, 0.2) is 0 Å². The molecule has 5 atom stereocenters. The quantitative estimate of drug-likeness (QED) is 0.154. The van der Waals surface area contributed by atoms with Gasteiger partial charge in [-0.2, -0.15) is 0 Å². The van der Waals surface area contributed by atoms with Gasteiger partial charge in [-0.1, -0.05) is 19.0 Å². The molecule has 0 radical (unpaired) electrons. The van der Waals surface area contributed by atoms with Crippen molar-refractivity contribution in [3.8, 4) is 0 Å². The normalized spacial score (nSPS) is 23.0. The summed E-state index contributed by atoms with van der Waals surface area (Å²) in [6.07, 6.45) is -0.267. The molecule has 1 unspecified atom stereocenters. The fourth-order valence-electron chi connectivity index (χ4n) is 3.25. The van der Waals surface area contributed by atoms with Crippen LogP contribution in [0.15, 0.2) is 20.9 Å². The van der Waals surface area contributed by atoms with Crippen molar-refractivity contribution in [2.24, 2.45) is 11.0 Å². The molecular formula is C18H29N6O8P. The van der Waals surface area contributed by atoms with Crippen LogP contribution in [0.1, 0.15) is 39.0 Å². The smallest absolute Gasteiger partial charge is 0.406 e. The molecule has 0 aromatic carbocycles. The number of azide groups is 1. The molecule has 0 spiro atoms. The topological polar surface area (TPSA) is 187 Å². The number of hydrogen-bond donors (Lipinski definition) is 2. The van der Waals surface area contributed by atoms with E-state index in [9.17, 15) is 18.9 Å². The highest BCUT2D eigenvalue weighted by molar-refractivity contribution is 7.51. The van der Waals surface area contributed by atoms with E-state index < -0.39 is 49.4 Å². The van der Waals surface area contributed by atoms with E-state index in [1.54, 1.807) is 20.8 Å². The predicted octanol–water partition coefficient (Wildman–Crippen LogP) is 1.76. The summed E-state index contributed by atoms with van der Waals surface area (Å²) in [6, 6.07) is -1.71. The van der Waals surface area contributed by atoms with Gasteiger partial charge in [0.25, 0.3) is 5.56 Å². The zero-order chi connectivity index (χ0) is 24.8. The number of aryl methyl sites for hydroxylation is 1. The minimum Gasteiger partial charge on any atom is -0.468 e. The number of aromatic nitrogens is 2. The molecule has 0 amide bonds. The van der Waals surface area contributed by atoms with E-state index in [4.69, 9.17) is 24.1 Å². The first-order chi connectivity index (χ1) is 15.5. The number of carbonyl (C=O) groups is 1. The Hall–Kier alpha value is -2.47. The Kier molecular flexibility index (Phi) is 9.41. The lowest BCUT2D eigenvalue weighted by Gasteiger charge is -2.27. The molecule has 0 saturated carbocycles. The third-order valence-corrected chi connectivity index (χ3v) is 6.67. The number of esters is 1. The molecule has 0 bridgehead atoms. The summed E-state index contributed by atoms with van der Waals surface area (Å²) in [7, 11) is -2.78. The van der Waals surface area contributed by atoms with Crippen molar-refractivity contribution in [3.05, 3.63) is 43.0 Å². The first-order valence-corrected chi connectivity index (χ1v) is 11.9. The van der Waals surface area contributed by atoms with Crippen molar-refractivity contribution < 1.29 is 27.9 Å². The maximum atomic E-state index is 13.2. The Morgan fingerprint density at radius 3 is 2.73 bits per heavy atom. The molecule has 0 aliphatic carbocycles. The zero-order valence-corrected chi connectivity index (χ0v) is 20.0. The fraction of sp³-hybridized carbons (Fsp3) is 0.722. The highest BCUT2D eigenvalue weighted by Gasteiger charge is 2.40. The number of nitrogens with zero attached hydrogens (tertiary/aromatic N) is 4. The second-order valence-electron chi connectivity index (χ2n) is 7.70. The molecule has 2 N–H and O–H groups in total. The average Bonchev–Trinajstić information content (AvgIpc) is 3.15. The summed E-state index contributed by atoms with van der Waals surface area (Å²) in [6.45, 7) is 6.31. The molecule has 2 heterocycles. The molecule has 2 rings (SSSR count). The number of ether oxygens (including phenoxy) is 2. The second kappa shape index (κ2) is 11.6. The lowest BCUT2D eigenvalue weighted by Crippen LogP contribution is -2.41. The van der Waals surface area contributed by atoms with Crippen LogP contribution >= 0.6 is 7.75 Å². The number of H-pyrrole nitrogens is 1. The van der Waals surface area contributed by atoms with Gasteiger partial charge in [0.05, 0.1) is 32.5 Å². The van der Waals surface area contributed by atoms with Gasteiger partial charge < -0.3 is 9.47 Å². The van der Waals surface area contributed by atoms with E-state index in [1.807, 2.05) is 0 Å². The summed E-state index contributed by atoms with van der Waals surface area (Å²) in [5.74, 6) is -0.918. The largest absolute Gasteiger partial charge is 0.468 e. The molecular weight excluding hydrogens is 459 g/mol. The first kappa shape index (κ1) is 26.8. The van der Waals surface area contributed by atoms with Crippen molar-refractivity contribution >= 4 is 13.7 Å². The fourth-order valence-corrected chi connectivity index (χ4v) is 4.90. The number of hydrogen-bond acceptors (Lipinski definition) is 9. The molecule has 1 aliphatic rings. The van der Waals surface area contributed by atoms with Crippen LogP contribution in [-0.2, 0) is 27.9 Å². The molecule has 15 heteroatoms. The molecule has 1 aromatic rings. The third-order valence-electron chi connectivity index (χ3n) is 4.99. The van der Waals surface area contributed by atoms with E-state index in [2.05, 4.69) is 20.1 Å². The van der Waals surface area contributed by atoms with Crippen LogP contribution in [0, 0.1) is 12.8 Å². The summed E-state index contributed by atoms with van der Waals surface area (Å²) in [5.41, 5.74) is 8.01. The van der Waals surface area contributed by atoms with E-state index in [0.717, 1.165) is 0 Å². The molecule has 184 valence electrons. The average molecular weight is 488 g/mol. The minimum absolute atomic E-state index is 0.0240. The molecule has 1 saturated heterocycles. The maximum absolute atomic E-state index is 13.2. The molecule has 33 heavy (non-hydrogen) atoms. The Bertz CT molecular complexity index is 1050. The highest BCUT2D eigenvalue weighted by atomic mass is 31.2. The third kappa shape index (κ3) is 6.76.